The molecule has 0 spiro atoms. The van der Waals surface area contributed by atoms with E-state index in [1.165, 1.54) is 0 Å². The lowest BCUT2D eigenvalue weighted by atomic mass is 10.2. The summed E-state index contributed by atoms with van der Waals surface area (Å²) in [4.78, 5) is 13.0. The number of carbonyl (C=O) groups excluding carboxylic acids is 1. The molecule has 1 fully saturated rings. The van der Waals surface area contributed by atoms with Gasteiger partial charge in [-0.1, -0.05) is 17.7 Å². The second-order valence-electron chi connectivity index (χ2n) is 3.99. The van der Waals surface area contributed by atoms with Crippen molar-refractivity contribution in [1.29, 1.82) is 0 Å². The Hall–Kier alpha value is -1.46. The SMILES string of the molecule is NCc1c(Cl)cccc1OCCN1CCNC1=O. The minimum atomic E-state index is -0.0382. The highest BCUT2D eigenvalue weighted by molar-refractivity contribution is 6.31. The van der Waals surface area contributed by atoms with Crippen LogP contribution in [0.4, 0.5) is 4.79 Å². The Morgan fingerprint density at radius 1 is 1.50 bits per heavy atom. The predicted octanol–water partition coefficient (Wildman–Crippen LogP) is 1.20. The van der Waals surface area contributed by atoms with Gasteiger partial charge >= 0.3 is 6.03 Å². The number of hydrogen-bond acceptors (Lipinski definition) is 3. The summed E-state index contributed by atoms with van der Waals surface area (Å²) >= 11 is 6.02. The Morgan fingerprint density at radius 3 is 3.00 bits per heavy atom. The number of amides is 2. The molecule has 2 rings (SSSR count). The molecule has 18 heavy (non-hydrogen) atoms. The number of carbonyl (C=O) groups is 1. The number of rotatable bonds is 5. The highest BCUT2D eigenvalue weighted by atomic mass is 35.5. The molecule has 1 aromatic carbocycles. The quantitative estimate of drug-likeness (QED) is 0.844. The van der Waals surface area contributed by atoms with Crippen molar-refractivity contribution in [3.63, 3.8) is 0 Å². The average Bonchev–Trinajstić information content (AvgIpc) is 2.75. The molecule has 1 heterocycles. The number of benzene rings is 1. The van der Waals surface area contributed by atoms with Crippen molar-refractivity contribution >= 4 is 17.6 Å². The van der Waals surface area contributed by atoms with Crippen LogP contribution in [-0.4, -0.2) is 37.2 Å². The highest BCUT2D eigenvalue weighted by Gasteiger charge is 2.18. The first-order valence-corrected chi connectivity index (χ1v) is 6.23. The number of nitrogens with two attached hydrogens (primary N) is 1. The van der Waals surface area contributed by atoms with Gasteiger partial charge in [0.1, 0.15) is 12.4 Å². The minimum absolute atomic E-state index is 0.0382. The Bertz CT molecular complexity index is 439. The fourth-order valence-corrected chi connectivity index (χ4v) is 2.11. The second-order valence-corrected chi connectivity index (χ2v) is 4.40. The van der Waals surface area contributed by atoms with E-state index in [-0.39, 0.29) is 6.03 Å². The van der Waals surface area contributed by atoms with Crippen LogP contribution < -0.4 is 15.8 Å². The van der Waals surface area contributed by atoms with Gasteiger partial charge in [-0.3, -0.25) is 0 Å². The zero-order valence-corrected chi connectivity index (χ0v) is 10.7. The fourth-order valence-electron chi connectivity index (χ4n) is 1.86. The lowest BCUT2D eigenvalue weighted by molar-refractivity contribution is 0.202. The van der Waals surface area contributed by atoms with E-state index in [0.717, 1.165) is 12.1 Å². The lowest BCUT2D eigenvalue weighted by Gasteiger charge is -2.16. The summed E-state index contributed by atoms with van der Waals surface area (Å²) in [6, 6.07) is 5.39. The summed E-state index contributed by atoms with van der Waals surface area (Å²) in [7, 11) is 0. The minimum Gasteiger partial charge on any atom is -0.491 e. The molecule has 0 atom stereocenters. The van der Waals surface area contributed by atoms with E-state index < -0.39 is 0 Å². The van der Waals surface area contributed by atoms with Crippen molar-refractivity contribution in [2.24, 2.45) is 5.73 Å². The zero-order chi connectivity index (χ0) is 13.0. The Balaban J connectivity index is 1.90. The topological polar surface area (TPSA) is 67.6 Å². The molecule has 1 saturated heterocycles. The largest absolute Gasteiger partial charge is 0.491 e. The van der Waals surface area contributed by atoms with Crippen LogP contribution in [0.3, 0.4) is 0 Å². The first kappa shape index (κ1) is 13.0. The Morgan fingerprint density at radius 2 is 2.33 bits per heavy atom. The lowest BCUT2D eigenvalue weighted by Crippen LogP contribution is -2.31. The van der Waals surface area contributed by atoms with Gasteiger partial charge in [0.2, 0.25) is 0 Å². The standard InChI is InChI=1S/C12H16ClN3O2/c13-10-2-1-3-11(9(10)8-14)18-7-6-16-5-4-15-12(16)17/h1-3H,4-8,14H2,(H,15,17). The first-order chi connectivity index (χ1) is 8.72. The van der Waals surface area contributed by atoms with Crippen LogP contribution in [0, 0.1) is 0 Å². The van der Waals surface area contributed by atoms with Crippen LogP contribution >= 0.6 is 11.6 Å². The van der Waals surface area contributed by atoms with Gasteiger partial charge in [0, 0.05) is 30.2 Å². The molecule has 0 radical (unpaired) electrons. The van der Waals surface area contributed by atoms with Crippen LogP contribution in [-0.2, 0) is 6.54 Å². The normalized spacial score (nSPS) is 14.8. The van der Waals surface area contributed by atoms with Crippen molar-refractivity contribution < 1.29 is 9.53 Å². The molecular weight excluding hydrogens is 254 g/mol. The van der Waals surface area contributed by atoms with E-state index in [1.54, 1.807) is 11.0 Å². The van der Waals surface area contributed by atoms with Gasteiger partial charge in [-0.25, -0.2) is 4.79 Å². The molecule has 0 unspecified atom stereocenters. The molecule has 5 nitrogen and oxygen atoms in total. The van der Waals surface area contributed by atoms with Crippen molar-refractivity contribution in [3.05, 3.63) is 28.8 Å². The molecule has 0 bridgehead atoms. The van der Waals surface area contributed by atoms with Crippen molar-refractivity contribution in [3.8, 4) is 5.75 Å². The van der Waals surface area contributed by atoms with Gasteiger partial charge in [-0.15, -0.1) is 0 Å². The molecule has 1 aromatic rings. The molecular formula is C12H16ClN3O2. The van der Waals surface area contributed by atoms with Crippen molar-refractivity contribution in [2.75, 3.05) is 26.2 Å². The number of hydrogen-bond donors (Lipinski definition) is 2. The van der Waals surface area contributed by atoms with Crippen LogP contribution in [0.2, 0.25) is 5.02 Å². The maximum absolute atomic E-state index is 11.3. The summed E-state index contributed by atoms with van der Waals surface area (Å²) in [6.07, 6.45) is 0. The third-order valence-corrected chi connectivity index (χ3v) is 3.20. The Kier molecular flexibility index (Phi) is 4.28. The predicted molar refractivity (Wildman–Crippen MR) is 69.8 cm³/mol. The Labute approximate surface area is 111 Å². The molecule has 1 aliphatic rings. The van der Waals surface area contributed by atoms with Gasteiger partial charge in [0.05, 0.1) is 6.54 Å². The van der Waals surface area contributed by atoms with E-state index in [2.05, 4.69) is 5.32 Å². The van der Waals surface area contributed by atoms with Gasteiger partial charge in [0.25, 0.3) is 0 Å². The highest BCUT2D eigenvalue weighted by Crippen LogP contribution is 2.25. The fraction of sp³-hybridized carbons (Fsp3) is 0.417. The molecule has 98 valence electrons. The van der Waals surface area contributed by atoms with Crippen molar-refractivity contribution in [1.82, 2.24) is 10.2 Å². The van der Waals surface area contributed by atoms with E-state index in [4.69, 9.17) is 22.1 Å². The van der Waals surface area contributed by atoms with E-state index in [1.807, 2.05) is 12.1 Å². The van der Waals surface area contributed by atoms with E-state index >= 15 is 0 Å². The zero-order valence-electron chi connectivity index (χ0n) is 9.99. The summed E-state index contributed by atoms with van der Waals surface area (Å²) in [5.74, 6) is 0.685. The monoisotopic (exact) mass is 269 g/mol. The molecule has 2 amide bonds. The summed E-state index contributed by atoms with van der Waals surface area (Å²) in [5.41, 5.74) is 6.42. The number of urea groups is 1. The summed E-state index contributed by atoms with van der Waals surface area (Å²) < 4.78 is 5.63. The smallest absolute Gasteiger partial charge is 0.317 e. The van der Waals surface area contributed by atoms with Crippen molar-refractivity contribution in [2.45, 2.75) is 6.54 Å². The molecule has 0 saturated carbocycles. The van der Waals surface area contributed by atoms with Crippen LogP contribution in [0.15, 0.2) is 18.2 Å². The summed E-state index contributed by atoms with van der Waals surface area (Å²) in [6.45, 7) is 2.74. The van der Waals surface area contributed by atoms with Gasteiger partial charge < -0.3 is 20.7 Å². The maximum Gasteiger partial charge on any atom is 0.317 e. The third kappa shape index (κ3) is 2.86. The first-order valence-electron chi connectivity index (χ1n) is 5.85. The van der Waals surface area contributed by atoms with Crippen LogP contribution in [0.5, 0.6) is 5.75 Å². The molecule has 1 aliphatic heterocycles. The number of halogens is 1. The van der Waals surface area contributed by atoms with E-state index in [9.17, 15) is 4.79 Å². The third-order valence-electron chi connectivity index (χ3n) is 2.84. The molecule has 6 heteroatoms. The second kappa shape index (κ2) is 5.93. The number of ether oxygens (including phenoxy) is 1. The average molecular weight is 270 g/mol. The molecule has 3 N–H and O–H groups in total. The van der Waals surface area contributed by atoms with Crippen LogP contribution in [0.1, 0.15) is 5.56 Å². The number of nitrogens with zero attached hydrogens (tertiary/aromatic N) is 1. The molecule has 0 aromatic heterocycles. The summed E-state index contributed by atoms with van der Waals surface area (Å²) in [5, 5.41) is 3.35. The van der Waals surface area contributed by atoms with Gasteiger partial charge in [-0.05, 0) is 12.1 Å². The van der Waals surface area contributed by atoms with E-state index in [0.29, 0.717) is 37.0 Å². The number of nitrogens with one attached hydrogen (secondary N) is 1. The molecule has 0 aliphatic carbocycles. The van der Waals surface area contributed by atoms with Crippen LogP contribution in [0.25, 0.3) is 0 Å². The maximum atomic E-state index is 11.3. The van der Waals surface area contributed by atoms with Gasteiger partial charge in [-0.2, -0.15) is 0 Å². The van der Waals surface area contributed by atoms with Gasteiger partial charge in [0.15, 0.2) is 0 Å².